The average Bonchev–Trinajstić information content (AvgIpc) is 3.15. The van der Waals surface area contributed by atoms with Crippen LogP contribution < -0.4 is 10.6 Å². The average molecular weight is 450 g/mol. The van der Waals surface area contributed by atoms with Gasteiger partial charge in [-0.1, -0.05) is 60.7 Å². The van der Waals surface area contributed by atoms with Gasteiger partial charge in [0.25, 0.3) is 0 Å². The summed E-state index contributed by atoms with van der Waals surface area (Å²) in [6.45, 7) is -0.161. The zero-order valence-corrected chi connectivity index (χ0v) is 17.9. The van der Waals surface area contributed by atoms with Crippen molar-refractivity contribution in [1.82, 2.24) is 10.6 Å². The number of alkyl carbamates (subject to hydrolysis) is 1. The van der Waals surface area contributed by atoms with Gasteiger partial charge in [-0.2, -0.15) is 0 Å². The second kappa shape index (κ2) is 9.87. The molecule has 33 heavy (non-hydrogen) atoms. The fourth-order valence-corrected chi connectivity index (χ4v) is 4.43. The van der Waals surface area contributed by atoms with Gasteiger partial charge in [-0.15, -0.1) is 0 Å². The van der Waals surface area contributed by atoms with E-state index in [1.807, 2.05) is 30.3 Å². The maximum Gasteiger partial charge on any atom is 0.407 e. The number of aliphatic carboxylic acids is 1. The van der Waals surface area contributed by atoms with Crippen LogP contribution in [-0.2, 0) is 14.3 Å². The van der Waals surface area contributed by atoms with E-state index < -0.39 is 24.1 Å². The number of hydrogen-bond donors (Lipinski definition) is 4. The van der Waals surface area contributed by atoms with E-state index >= 15 is 0 Å². The Bertz CT molecular complexity index is 1040. The van der Waals surface area contributed by atoms with E-state index in [9.17, 15) is 19.5 Å². The lowest BCUT2D eigenvalue weighted by atomic mass is 9.90. The van der Waals surface area contributed by atoms with Gasteiger partial charge in [-0.25, -0.2) is 9.59 Å². The summed E-state index contributed by atoms with van der Waals surface area (Å²) in [4.78, 5) is 35.5. The largest absolute Gasteiger partial charge is 0.479 e. The molecular formula is C25H26N2O6. The number of allylic oxidation sites excluding steroid dienone is 1. The molecule has 8 nitrogen and oxygen atoms in total. The van der Waals surface area contributed by atoms with Gasteiger partial charge >= 0.3 is 12.1 Å². The van der Waals surface area contributed by atoms with E-state index in [-0.39, 0.29) is 31.0 Å². The normalized spacial score (nSPS) is 19.8. The summed E-state index contributed by atoms with van der Waals surface area (Å²) in [6, 6.07) is 15.8. The van der Waals surface area contributed by atoms with Crippen LogP contribution in [0.15, 0.2) is 60.7 Å². The van der Waals surface area contributed by atoms with Gasteiger partial charge in [0, 0.05) is 11.8 Å². The summed E-state index contributed by atoms with van der Waals surface area (Å²) in [5.74, 6) is -2.23. The first-order valence-corrected chi connectivity index (χ1v) is 10.9. The summed E-state index contributed by atoms with van der Waals surface area (Å²) in [7, 11) is 0. The predicted octanol–water partition coefficient (Wildman–Crippen LogP) is 2.42. The Kier molecular flexibility index (Phi) is 6.74. The number of aliphatic hydroxyl groups excluding tert-OH is 1. The fraction of sp³-hybridized carbons (Fsp3) is 0.320. The van der Waals surface area contributed by atoms with Crippen molar-refractivity contribution in [3.05, 3.63) is 71.8 Å². The molecule has 1 unspecified atom stereocenters. The van der Waals surface area contributed by atoms with Crippen LogP contribution in [0.5, 0.6) is 0 Å². The molecule has 4 rings (SSSR count). The molecule has 0 fully saturated rings. The molecule has 0 bridgehead atoms. The van der Waals surface area contributed by atoms with Gasteiger partial charge in [-0.3, -0.25) is 4.79 Å². The van der Waals surface area contributed by atoms with E-state index in [4.69, 9.17) is 9.84 Å². The molecule has 2 aliphatic rings. The quantitative estimate of drug-likeness (QED) is 0.480. The lowest BCUT2D eigenvalue weighted by Gasteiger charge is -2.25. The SMILES string of the molecule is O=C(N[C@@H]1C=CC[C@@H](C(=O)NCC(O)C(=O)O)C1)OCC1c2ccccc2-c2ccccc21. The van der Waals surface area contributed by atoms with Crippen LogP contribution in [0.2, 0.25) is 0 Å². The Labute approximate surface area is 191 Å². The number of carbonyl (C=O) groups is 3. The topological polar surface area (TPSA) is 125 Å². The number of hydrogen-bond acceptors (Lipinski definition) is 5. The second-order valence-electron chi connectivity index (χ2n) is 8.27. The first kappa shape index (κ1) is 22.5. The van der Waals surface area contributed by atoms with Gasteiger partial charge in [0.1, 0.15) is 6.61 Å². The minimum atomic E-state index is -1.65. The third-order valence-corrected chi connectivity index (χ3v) is 6.10. The lowest BCUT2D eigenvalue weighted by molar-refractivity contribution is -0.146. The van der Waals surface area contributed by atoms with Gasteiger partial charge < -0.3 is 25.6 Å². The van der Waals surface area contributed by atoms with Gasteiger partial charge in [0.2, 0.25) is 5.91 Å². The zero-order chi connectivity index (χ0) is 23.4. The molecule has 0 heterocycles. The molecule has 2 amide bonds. The predicted molar refractivity (Wildman–Crippen MR) is 121 cm³/mol. The van der Waals surface area contributed by atoms with E-state index in [0.717, 1.165) is 22.3 Å². The number of amides is 2. The molecule has 172 valence electrons. The van der Waals surface area contributed by atoms with Crippen molar-refractivity contribution in [2.75, 3.05) is 13.2 Å². The molecular weight excluding hydrogens is 424 g/mol. The highest BCUT2D eigenvalue weighted by Gasteiger charge is 2.30. The monoisotopic (exact) mass is 450 g/mol. The van der Waals surface area contributed by atoms with Crippen LogP contribution in [0.25, 0.3) is 11.1 Å². The smallest absolute Gasteiger partial charge is 0.407 e. The van der Waals surface area contributed by atoms with Crippen LogP contribution in [0.1, 0.15) is 29.9 Å². The first-order chi connectivity index (χ1) is 15.9. The summed E-state index contributed by atoms with van der Waals surface area (Å²) >= 11 is 0. The molecule has 0 aliphatic heterocycles. The van der Waals surface area contributed by atoms with Crippen LogP contribution in [-0.4, -0.2) is 53.5 Å². The molecule has 2 aliphatic carbocycles. The van der Waals surface area contributed by atoms with Crippen molar-refractivity contribution < 1.29 is 29.3 Å². The fourth-order valence-electron chi connectivity index (χ4n) is 4.43. The summed E-state index contributed by atoms with van der Waals surface area (Å²) < 4.78 is 5.56. The van der Waals surface area contributed by atoms with Crippen molar-refractivity contribution in [2.45, 2.75) is 30.9 Å². The molecule has 2 aromatic carbocycles. The van der Waals surface area contributed by atoms with E-state index in [1.54, 1.807) is 6.08 Å². The number of carboxylic acid groups (broad SMARTS) is 1. The number of carboxylic acids is 1. The summed E-state index contributed by atoms with van der Waals surface area (Å²) in [5.41, 5.74) is 4.56. The van der Waals surface area contributed by atoms with Crippen molar-refractivity contribution in [1.29, 1.82) is 0 Å². The molecule has 4 N–H and O–H groups in total. The zero-order valence-electron chi connectivity index (χ0n) is 17.9. The maximum absolute atomic E-state index is 12.5. The van der Waals surface area contributed by atoms with Crippen LogP contribution in [0, 0.1) is 5.92 Å². The highest BCUT2D eigenvalue weighted by atomic mass is 16.5. The highest BCUT2D eigenvalue weighted by Crippen LogP contribution is 2.44. The first-order valence-electron chi connectivity index (χ1n) is 10.9. The summed E-state index contributed by atoms with van der Waals surface area (Å²) in [5, 5.41) is 23.3. The van der Waals surface area contributed by atoms with Crippen LogP contribution >= 0.6 is 0 Å². The van der Waals surface area contributed by atoms with Gasteiger partial charge in [-0.05, 0) is 35.1 Å². The Morgan fingerprint density at radius 1 is 1.03 bits per heavy atom. The minimum Gasteiger partial charge on any atom is -0.479 e. The molecule has 3 atom stereocenters. The number of rotatable bonds is 7. The third kappa shape index (κ3) is 5.06. The van der Waals surface area contributed by atoms with Crippen LogP contribution in [0.4, 0.5) is 4.79 Å². The number of benzene rings is 2. The van der Waals surface area contributed by atoms with E-state index in [0.29, 0.717) is 12.8 Å². The van der Waals surface area contributed by atoms with Crippen molar-refractivity contribution >= 4 is 18.0 Å². The standard InChI is InChI=1S/C25H26N2O6/c28-22(24(30)31)13-26-23(29)15-6-5-7-16(12-15)27-25(32)33-14-21-19-10-3-1-8-17(19)18-9-2-4-11-20(18)21/h1-5,7-11,15-16,21-22,28H,6,12-14H2,(H,26,29)(H,27,32)(H,30,31)/t15-,16-,22?/m1/s1. The van der Waals surface area contributed by atoms with Crippen molar-refractivity contribution in [3.8, 4) is 11.1 Å². The maximum atomic E-state index is 12.5. The third-order valence-electron chi connectivity index (χ3n) is 6.10. The number of nitrogens with one attached hydrogen (secondary N) is 2. The number of aliphatic hydroxyl groups is 1. The number of carbonyl (C=O) groups excluding carboxylic acids is 2. The summed E-state index contributed by atoms with van der Waals surface area (Å²) in [6.07, 6.45) is 2.23. The minimum absolute atomic E-state index is 0.0377. The Balaban J connectivity index is 1.31. The molecule has 0 aromatic heterocycles. The van der Waals surface area contributed by atoms with Crippen molar-refractivity contribution in [3.63, 3.8) is 0 Å². The number of fused-ring (bicyclic) bond motifs is 3. The number of ether oxygens (including phenoxy) is 1. The lowest BCUT2D eigenvalue weighted by Crippen LogP contribution is -2.43. The molecule has 0 spiro atoms. The molecule has 0 radical (unpaired) electrons. The van der Waals surface area contributed by atoms with Crippen LogP contribution in [0.3, 0.4) is 0 Å². The second-order valence-corrected chi connectivity index (χ2v) is 8.27. The molecule has 2 aromatic rings. The van der Waals surface area contributed by atoms with Gasteiger partial charge in [0.05, 0.1) is 12.6 Å². The Hall–Kier alpha value is -3.65. The van der Waals surface area contributed by atoms with E-state index in [1.165, 1.54) is 0 Å². The van der Waals surface area contributed by atoms with Crippen molar-refractivity contribution in [2.24, 2.45) is 5.92 Å². The molecule has 8 heteroatoms. The van der Waals surface area contributed by atoms with E-state index in [2.05, 4.69) is 34.9 Å². The Morgan fingerprint density at radius 3 is 2.30 bits per heavy atom. The molecule has 0 saturated heterocycles. The highest BCUT2D eigenvalue weighted by molar-refractivity contribution is 5.81. The molecule has 0 saturated carbocycles. The van der Waals surface area contributed by atoms with Gasteiger partial charge in [0.15, 0.2) is 6.10 Å². The Morgan fingerprint density at radius 2 is 1.67 bits per heavy atom.